The van der Waals surface area contributed by atoms with E-state index < -0.39 is 0 Å². The van der Waals surface area contributed by atoms with Crippen LogP contribution in [-0.2, 0) is 0 Å². The summed E-state index contributed by atoms with van der Waals surface area (Å²) in [7, 11) is 0. The highest BCUT2D eigenvalue weighted by Crippen LogP contribution is 2.47. The van der Waals surface area contributed by atoms with Crippen LogP contribution in [0.5, 0.6) is 0 Å². The van der Waals surface area contributed by atoms with Gasteiger partial charge in [-0.3, -0.25) is 0 Å². The summed E-state index contributed by atoms with van der Waals surface area (Å²) in [5.74, 6) is 0. The molecule has 0 amide bonds. The second-order valence-electron chi connectivity index (χ2n) is 17.1. The lowest BCUT2D eigenvalue weighted by Crippen LogP contribution is -1.93. The lowest BCUT2D eigenvalue weighted by molar-refractivity contribution is 1.62. The maximum absolute atomic E-state index is 2.46. The van der Waals surface area contributed by atoms with E-state index in [1.807, 2.05) is 0 Å². The van der Waals surface area contributed by atoms with Crippen molar-refractivity contribution in [3.05, 3.63) is 243 Å². The van der Waals surface area contributed by atoms with Crippen LogP contribution in [0, 0.1) is 0 Å². The van der Waals surface area contributed by atoms with E-state index in [1.54, 1.807) is 0 Å². The molecule has 64 heavy (non-hydrogen) atoms. The lowest BCUT2D eigenvalue weighted by atomic mass is 9.83. The van der Waals surface area contributed by atoms with Crippen molar-refractivity contribution >= 4 is 75.4 Å². The molecule has 0 aliphatic heterocycles. The minimum atomic E-state index is 1.20. The van der Waals surface area contributed by atoms with Gasteiger partial charge in [0.1, 0.15) is 0 Å². The van der Waals surface area contributed by atoms with E-state index in [2.05, 4.69) is 243 Å². The topological polar surface area (TPSA) is 0 Å². The molecule has 0 N–H and O–H groups in total. The predicted octanol–water partition coefficient (Wildman–Crippen LogP) is 18.1. The van der Waals surface area contributed by atoms with Crippen molar-refractivity contribution in [3.63, 3.8) is 0 Å². The standard InChI is InChI=1S/C64H40/c1-3-23-49-41(15-1)17-13-31-51(49)45-19-11-21-47(37-45)63-58-29-9-10-30-59(58)64(48-22-12-20-46(38-48)52-32-14-18-42-16-2-4-24-50(42)52)62-40-44(34-36-60(62)63)43-33-35-57-55-27-6-5-25-53(55)54-26-7-8-28-56(54)61(57)39-43/h1-40H. The van der Waals surface area contributed by atoms with Crippen LogP contribution >= 0.6 is 0 Å². The molecular weight excluding hydrogens is 769 g/mol. The van der Waals surface area contributed by atoms with Gasteiger partial charge in [0, 0.05) is 0 Å². The average molecular weight is 809 g/mol. The molecule has 13 aromatic rings. The Balaban J connectivity index is 1.09. The molecule has 0 spiro atoms. The summed E-state index contributed by atoms with van der Waals surface area (Å²) in [5.41, 5.74) is 12.2. The van der Waals surface area contributed by atoms with Gasteiger partial charge in [0.2, 0.25) is 0 Å². The summed E-state index contributed by atoms with van der Waals surface area (Å²) < 4.78 is 0. The maximum atomic E-state index is 2.46. The number of rotatable bonds is 5. The third kappa shape index (κ3) is 5.77. The van der Waals surface area contributed by atoms with Crippen LogP contribution in [0.1, 0.15) is 0 Å². The van der Waals surface area contributed by atoms with Crippen molar-refractivity contribution in [2.75, 3.05) is 0 Å². The fourth-order valence-corrected chi connectivity index (χ4v) is 10.7. The SMILES string of the molecule is c1cc(-c2cccc3ccccc23)cc(-c2c3ccccc3c(-c3cccc(-c4cccc5ccccc45)c3)c3cc(-c4ccc5c6ccccc6c6ccccc6c5c4)ccc23)c1. The van der Waals surface area contributed by atoms with Gasteiger partial charge in [0.05, 0.1) is 0 Å². The molecule has 0 fully saturated rings. The van der Waals surface area contributed by atoms with Crippen LogP contribution in [-0.4, -0.2) is 0 Å². The summed E-state index contributed by atoms with van der Waals surface area (Å²) in [6.07, 6.45) is 0. The Hall–Kier alpha value is -8.32. The molecule has 0 aliphatic carbocycles. The van der Waals surface area contributed by atoms with E-state index >= 15 is 0 Å². The summed E-state index contributed by atoms with van der Waals surface area (Å²) in [6.45, 7) is 0. The molecule has 0 atom stereocenters. The smallest absolute Gasteiger partial charge is 0.00259 e. The summed E-state index contributed by atoms with van der Waals surface area (Å²) in [4.78, 5) is 0. The van der Waals surface area contributed by atoms with E-state index in [0.29, 0.717) is 0 Å². The fourth-order valence-electron chi connectivity index (χ4n) is 10.7. The molecule has 13 rings (SSSR count). The van der Waals surface area contributed by atoms with Crippen molar-refractivity contribution < 1.29 is 0 Å². The maximum Gasteiger partial charge on any atom is -0.00259 e. The molecule has 296 valence electrons. The molecule has 0 heterocycles. The highest BCUT2D eigenvalue weighted by atomic mass is 14.2. The molecule has 0 saturated carbocycles. The number of benzene rings is 13. The van der Waals surface area contributed by atoms with Crippen LogP contribution in [0.2, 0.25) is 0 Å². The van der Waals surface area contributed by atoms with Gasteiger partial charge in [-0.05, 0) is 155 Å². The van der Waals surface area contributed by atoms with Crippen molar-refractivity contribution in [1.82, 2.24) is 0 Å². The van der Waals surface area contributed by atoms with E-state index in [0.717, 1.165) is 0 Å². The minimum absolute atomic E-state index is 1.20. The molecule has 0 heteroatoms. The Labute approximate surface area is 371 Å². The third-order valence-electron chi connectivity index (χ3n) is 13.6. The second kappa shape index (κ2) is 14.7. The van der Waals surface area contributed by atoms with Crippen LogP contribution in [0.25, 0.3) is 131 Å². The molecule has 0 radical (unpaired) electrons. The Bertz CT molecular complexity index is 3970. The van der Waals surface area contributed by atoms with Crippen LogP contribution < -0.4 is 0 Å². The molecule has 13 aromatic carbocycles. The van der Waals surface area contributed by atoms with Gasteiger partial charge in [0.25, 0.3) is 0 Å². The Morgan fingerprint density at radius 3 is 1.00 bits per heavy atom. The van der Waals surface area contributed by atoms with Crippen molar-refractivity contribution in [2.45, 2.75) is 0 Å². The largest absolute Gasteiger partial charge is 0.0616 e. The van der Waals surface area contributed by atoms with E-state index in [1.165, 1.54) is 131 Å². The van der Waals surface area contributed by atoms with Gasteiger partial charge in [-0.2, -0.15) is 0 Å². The quantitative estimate of drug-likeness (QED) is 0.120. The van der Waals surface area contributed by atoms with Crippen LogP contribution in [0.4, 0.5) is 0 Å². The summed E-state index contributed by atoms with van der Waals surface area (Å²) in [5, 5.41) is 17.7. The molecule has 0 nitrogen and oxygen atoms in total. The number of hydrogen-bond acceptors (Lipinski definition) is 0. The Morgan fingerprint density at radius 1 is 0.156 bits per heavy atom. The Kier molecular flexibility index (Phi) is 8.32. The first-order chi connectivity index (χ1) is 31.7. The van der Waals surface area contributed by atoms with E-state index in [4.69, 9.17) is 0 Å². The van der Waals surface area contributed by atoms with Gasteiger partial charge >= 0.3 is 0 Å². The van der Waals surface area contributed by atoms with Gasteiger partial charge in [-0.25, -0.2) is 0 Å². The van der Waals surface area contributed by atoms with Crippen molar-refractivity contribution in [1.29, 1.82) is 0 Å². The molecular formula is C64H40. The third-order valence-corrected chi connectivity index (χ3v) is 13.6. The van der Waals surface area contributed by atoms with Gasteiger partial charge in [0.15, 0.2) is 0 Å². The first kappa shape index (κ1) is 36.3. The van der Waals surface area contributed by atoms with E-state index in [9.17, 15) is 0 Å². The Morgan fingerprint density at radius 2 is 0.484 bits per heavy atom. The minimum Gasteiger partial charge on any atom is -0.0616 e. The zero-order chi connectivity index (χ0) is 42.1. The lowest BCUT2D eigenvalue weighted by Gasteiger charge is -2.20. The van der Waals surface area contributed by atoms with Crippen LogP contribution in [0.3, 0.4) is 0 Å². The van der Waals surface area contributed by atoms with Gasteiger partial charge in [-0.1, -0.05) is 218 Å². The molecule has 0 bridgehead atoms. The second-order valence-corrected chi connectivity index (χ2v) is 17.1. The molecule has 0 unspecified atom stereocenters. The first-order valence-corrected chi connectivity index (χ1v) is 22.2. The summed E-state index contributed by atoms with van der Waals surface area (Å²) >= 11 is 0. The monoisotopic (exact) mass is 808 g/mol. The highest BCUT2D eigenvalue weighted by molar-refractivity contribution is 6.26. The van der Waals surface area contributed by atoms with E-state index in [-0.39, 0.29) is 0 Å². The van der Waals surface area contributed by atoms with Crippen LogP contribution in [0.15, 0.2) is 243 Å². The van der Waals surface area contributed by atoms with Gasteiger partial charge in [-0.15, -0.1) is 0 Å². The fraction of sp³-hybridized carbons (Fsp3) is 0. The number of hydrogen-bond donors (Lipinski definition) is 0. The average Bonchev–Trinajstić information content (AvgIpc) is 3.37. The summed E-state index contributed by atoms with van der Waals surface area (Å²) in [6, 6.07) is 90.1. The molecule has 0 aliphatic rings. The van der Waals surface area contributed by atoms with Crippen molar-refractivity contribution in [3.8, 4) is 55.6 Å². The predicted molar refractivity (Wildman–Crippen MR) is 276 cm³/mol. The molecule has 0 aromatic heterocycles. The van der Waals surface area contributed by atoms with Crippen molar-refractivity contribution in [2.24, 2.45) is 0 Å². The normalized spacial score (nSPS) is 11.8. The zero-order valence-electron chi connectivity index (χ0n) is 35.1. The van der Waals surface area contributed by atoms with Gasteiger partial charge < -0.3 is 0 Å². The highest BCUT2D eigenvalue weighted by Gasteiger charge is 2.20. The zero-order valence-corrected chi connectivity index (χ0v) is 35.1. The molecule has 0 saturated heterocycles. The number of fused-ring (bicyclic) bond motifs is 10. The first-order valence-electron chi connectivity index (χ1n) is 22.2.